The van der Waals surface area contributed by atoms with Crippen molar-refractivity contribution in [1.29, 1.82) is 0 Å². The number of rotatable bonds is 2. The summed E-state index contributed by atoms with van der Waals surface area (Å²) in [6.45, 7) is 1.47. The highest BCUT2D eigenvalue weighted by atomic mass is 32.2. The molecule has 0 aliphatic carbocycles. The molecule has 6 heteroatoms. The molecule has 0 radical (unpaired) electrons. The van der Waals surface area contributed by atoms with Gasteiger partial charge in [0.05, 0.1) is 6.04 Å². The van der Waals surface area contributed by atoms with Gasteiger partial charge in [-0.05, 0) is 5.56 Å². The molecule has 102 valence electrons. The van der Waals surface area contributed by atoms with Crippen molar-refractivity contribution in [3.63, 3.8) is 0 Å². The van der Waals surface area contributed by atoms with E-state index >= 15 is 0 Å². The largest absolute Gasteiger partial charge is 0.480 e. The SMILES string of the molecule is O=C(O)CO.c1ccc([C@H]2CN3CCSC3=N2)cc1. The van der Waals surface area contributed by atoms with Crippen molar-refractivity contribution >= 4 is 22.9 Å². The number of thioether (sulfide) groups is 1. The van der Waals surface area contributed by atoms with Gasteiger partial charge < -0.3 is 15.1 Å². The minimum absolute atomic E-state index is 0.374. The molecule has 0 aromatic heterocycles. The zero-order valence-electron chi connectivity index (χ0n) is 10.4. The van der Waals surface area contributed by atoms with Crippen LogP contribution in [0.5, 0.6) is 0 Å². The summed E-state index contributed by atoms with van der Waals surface area (Å²) in [7, 11) is 0. The second kappa shape index (κ2) is 6.58. The highest BCUT2D eigenvalue weighted by Crippen LogP contribution is 2.31. The van der Waals surface area contributed by atoms with E-state index in [1.54, 1.807) is 0 Å². The van der Waals surface area contributed by atoms with E-state index < -0.39 is 12.6 Å². The third-order valence-corrected chi connectivity index (χ3v) is 3.85. The number of amidine groups is 1. The average Bonchev–Trinajstić information content (AvgIpc) is 3.01. The van der Waals surface area contributed by atoms with E-state index in [0.717, 1.165) is 6.54 Å². The molecule has 19 heavy (non-hydrogen) atoms. The number of nitrogens with zero attached hydrogens (tertiary/aromatic N) is 2. The second-order valence-electron chi connectivity index (χ2n) is 4.18. The van der Waals surface area contributed by atoms with Gasteiger partial charge in [-0.25, -0.2) is 4.79 Å². The number of benzene rings is 1. The van der Waals surface area contributed by atoms with E-state index in [2.05, 4.69) is 35.2 Å². The number of carboxylic acids is 1. The first-order chi connectivity index (χ1) is 9.20. The van der Waals surface area contributed by atoms with Crippen LogP contribution in [0.3, 0.4) is 0 Å². The summed E-state index contributed by atoms with van der Waals surface area (Å²) in [5, 5.41) is 16.3. The van der Waals surface area contributed by atoms with Crippen LogP contribution in [-0.2, 0) is 4.79 Å². The number of carboxylic acid groups (broad SMARTS) is 1. The van der Waals surface area contributed by atoms with Crippen LogP contribution in [0.25, 0.3) is 0 Å². The van der Waals surface area contributed by atoms with E-state index in [4.69, 9.17) is 20.0 Å². The minimum atomic E-state index is -1.19. The Kier molecular flexibility index (Phi) is 4.81. The summed E-state index contributed by atoms with van der Waals surface area (Å²) in [5.74, 6) is 0.0189. The number of carbonyl (C=O) groups is 1. The molecule has 1 fully saturated rings. The van der Waals surface area contributed by atoms with Crippen LogP contribution in [0.4, 0.5) is 0 Å². The second-order valence-corrected chi connectivity index (χ2v) is 5.25. The smallest absolute Gasteiger partial charge is 0.329 e. The highest BCUT2D eigenvalue weighted by Gasteiger charge is 2.29. The van der Waals surface area contributed by atoms with Gasteiger partial charge in [0.15, 0.2) is 5.17 Å². The van der Waals surface area contributed by atoms with Crippen LogP contribution in [0, 0.1) is 0 Å². The molecule has 2 N–H and O–H groups in total. The average molecular weight is 280 g/mol. The van der Waals surface area contributed by atoms with Crippen LogP contribution in [0.1, 0.15) is 11.6 Å². The van der Waals surface area contributed by atoms with Gasteiger partial charge in [-0.15, -0.1) is 0 Å². The van der Waals surface area contributed by atoms with Crippen LogP contribution in [0.2, 0.25) is 0 Å². The lowest BCUT2D eigenvalue weighted by molar-refractivity contribution is -0.140. The van der Waals surface area contributed by atoms with Crippen LogP contribution < -0.4 is 0 Å². The van der Waals surface area contributed by atoms with Crippen molar-refractivity contribution in [3.05, 3.63) is 35.9 Å². The third kappa shape index (κ3) is 3.71. The summed E-state index contributed by atoms with van der Waals surface area (Å²) in [4.78, 5) is 16.2. The summed E-state index contributed by atoms with van der Waals surface area (Å²) in [5.41, 5.74) is 1.34. The molecule has 1 atom stereocenters. The molecule has 1 aromatic rings. The number of aliphatic carboxylic acids is 1. The Morgan fingerprint density at radius 2 is 2.11 bits per heavy atom. The normalized spacial score (nSPS) is 20.4. The minimum Gasteiger partial charge on any atom is -0.480 e. The van der Waals surface area contributed by atoms with Crippen LogP contribution in [0.15, 0.2) is 35.3 Å². The molecular weight excluding hydrogens is 264 g/mol. The maximum atomic E-state index is 9.12. The number of hydrogen-bond donors (Lipinski definition) is 2. The fraction of sp³-hybridized carbons (Fsp3) is 0.385. The fourth-order valence-electron chi connectivity index (χ4n) is 1.96. The van der Waals surface area contributed by atoms with Gasteiger partial charge in [0.25, 0.3) is 0 Å². The third-order valence-electron chi connectivity index (χ3n) is 2.84. The van der Waals surface area contributed by atoms with E-state index in [0.29, 0.717) is 6.04 Å². The van der Waals surface area contributed by atoms with Crippen LogP contribution >= 0.6 is 11.8 Å². The molecule has 2 aliphatic heterocycles. The van der Waals surface area contributed by atoms with E-state index in [-0.39, 0.29) is 0 Å². The molecule has 5 nitrogen and oxygen atoms in total. The van der Waals surface area contributed by atoms with Crippen molar-refractivity contribution < 1.29 is 15.0 Å². The van der Waals surface area contributed by atoms with Crippen molar-refractivity contribution in [2.75, 3.05) is 25.4 Å². The topological polar surface area (TPSA) is 73.1 Å². The Hall–Kier alpha value is -1.53. The maximum absolute atomic E-state index is 9.12. The molecule has 0 bridgehead atoms. The molecule has 2 aliphatic rings. The number of aliphatic imine (C=N–C) groups is 1. The zero-order chi connectivity index (χ0) is 13.7. The Morgan fingerprint density at radius 3 is 2.68 bits per heavy atom. The summed E-state index contributed by atoms with van der Waals surface area (Å²) in [6, 6.07) is 10.9. The zero-order valence-corrected chi connectivity index (χ0v) is 11.2. The lowest BCUT2D eigenvalue weighted by atomic mass is 10.1. The molecule has 0 amide bonds. The monoisotopic (exact) mass is 280 g/mol. The van der Waals surface area contributed by atoms with Crippen molar-refractivity contribution in [2.24, 2.45) is 4.99 Å². The highest BCUT2D eigenvalue weighted by molar-refractivity contribution is 8.14. The molecular formula is C13H16N2O3S. The summed E-state index contributed by atoms with van der Waals surface area (Å²) < 4.78 is 0. The van der Waals surface area contributed by atoms with Gasteiger partial charge in [0.2, 0.25) is 0 Å². The van der Waals surface area contributed by atoms with Gasteiger partial charge in [-0.1, -0.05) is 42.1 Å². The van der Waals surface area contributed by atoms with Crippen molar-refractivity contribution in [3.8, 4) is 0 Å². The number of aliphatic hydroxyl groups is 1. The van der Waals surface area contributed by atoms with E-state index in [1.807, 2.05) is 11.8 Å². The first-order valence-electron chi connectivity index (χ1n) is 6.04. The first kappa shape index (κ1) is 13.9. The molecule has 1 aromatic carbocycles. The number of aliphatic hydroxyl groups excluding tert-OH is 1. The molecule has 1 saturated heterocycles. The molecule has 0 unspecified atom stereocenters. The Morgan fingerprint density at radius 1 is 1.42 bits per heavy atom. The van der Waals surface area contributed by atoms with Crippen molar-refractivity contribution in [2.45, 2.75) is 6.04 Å². The molecule has 2 heterocycles. The maximum Gasteiger partial charge on any atom is 0.329 e. The standard InChI is InChI=1S/C11H12N2S.C2H4O3/c1-2-4-9(5-3-1)10-8-13-6-7-14-11(13)12-10;3-1-2(4)5/h1-5,10H,6-8H2;3H,1H2,(H,4,5)/t10-;/m1./s1. The quantitative estimate of drug-likeness (QED) is 0.852. The lowest BCUT2D eigenvalue weighted by Gasteiger charge is -2.12. The Labute approximate surface area is 116 Å². The predicted molar refractivity (Wildman–Crippen MR) is 75.4 cm³/mol. The van der Waals surface area contributed by atoms with Crippen molar-refractivity contribution in [1.82, 2.24) is 4.90 Å². The van der Waals surface area contributed by atoms with E-state index in [1.165, 1.54) is 23.0 Å². The predicted octanol–water partition coefficient (Wildman–Crippen LogP) is 1.21. The van der Waals surface area contributed by atoms with Crippen LogP contribution in [-0.4, -0.2) is 51.7 Å². The summed E-state index contributed by atoms with van der Waals surface area (Å²) >= 11 is 1.89. The first-order valence-corrected chi connectivity index (χ1v) is 7.02. The van der Waals surface area contributed by atoms with Gasteiger partial charge >= 0.3 is 5.97 Å². The van der Waals surface area contributed by atoms with Gasteiger partial charge in [-0.3, -0.25) is 4.99 Å². The molecule has 3 rings (SSSR count). The Bertz CT molecular complexity index is 464. The molecule has 0 saturated carbocycles. The van der Waals surface area contributed by atoms with Gasteiger partial charge in [0, 0.05) is 18.8 Å². The fourth-order valence-corrected chi connectivity index (χ4v) is 3.00. The lowest BCUT2D eigenvalue weighted by Crippen LogP contribution is -2.21. The van der Waals surface area contributed by atoms with Gasteiger partial charge in [-0.2, -0.15) is 0 Å². The van der Waals surface area contributed by atoms with Gasteiger partial charge in [0.1, 0.15) is 6.61 Å². The Balaban J connectivity index is 0.000000232. The van der Waals surface area contributed by atoms with E-state index in [9.17, 15) is 0 Å². The number of fused-ring (bicyclic) bond motifs is 1. The number of hydrogen-bond acceptors (Lipinski definition) is 5. The molecule has 0 spiro atoms. The summed E-state index contributed by atoms with van der Waals surface area (Å²) in [6.07, 6.45) is 0.